The molecular formula is C17H14BrFO. The molecule has 0 amide bonds. The molecule has 0 aromatic heterocycles. The highest BCUT2D eigenvalue weighted by Crippen LogP contribution is 2.38. The third-order valence-electron chi connectivity index (χ3n) is 3.93. The Labute approximate surface area is 126 Å². The van der Waals surface area contributed by atoms with Crippen LogP contribution in [-0.2, 0) is 0 Å². The van der Waals surface area contributed by atoms with Gasteiger partial charge in [-0.05, 0) is 58.5 Å². The van der Waals surface area contributed by atoms with Crippen LogP contribution in [0.5, 0.6) is 0 Å². The standard InChI is InChI=1S/C17H14BrFO/c18-16-10-12(19)8-9-15(16)17(20)14-7-2-1-6-13(14)11-4-3-5-11/h1-2,6-11H,3-5H2. The molecule has 1 aliphatic carbocycles. The summed E-state index contributed by atoms with van der Waals surface area (Å²) >= 11 is 3.28. The average molecular weight is 333 g/mol. The van der Waals surface area contributed by atoms with Crippen LogP contribution in [0.4, 0.5) is 4.39 Å². The van der Waals surface area contributed by atoms with Crippen molar-refractivity contribution >= 4 is 21.7 Å². The molecule has 3 heteroatoms. The van der Waals surface area contributed by atoms with Crippen LogP contribution in [0.15, 0.2) is 46.9 Å². The average Bonchev–Trinajstić information content (AvgIpc) is 2.37. The summed E-state index contributed by atoms with van der Waals surface area (Å²) < 4.78 is 13.6. The normalized spacial score (nSPS) is 14.9. The SMILES string of the molecule is O=C(c1ccc(F)cc1Br)c1ccccc1C1CCC1. The number of hydrogen-bond donors (Lipinski definition) is 0. The van der Waals surface area contributed by atoms with Crippen molar-refractivity contribution in [3.63, 3.8) is 0 Å². The van der Waals surface area contributed by atoms with Crippen molar-refractivity contribution in [2.75, 3.05) is 0 Å². The third-order valence-corrected chi connectivity index (χ3v) is 4.58. The molecule has 0 spiro atoms. The summed E-state index contributed by atoms with van der Waals surface area (Å²) in [7, 11) is 0. The second-order valence-corrected chi connectivity index (χ2v) is 6.02. The van der Waals surface area contributed by atoms with Gasteiger partial charge in [-0.3, -0.25) is 4.79 Å². The van der Waals surface area contributed by atoms with Crippen molar-refractivity contribution < 1.29 is 9.18 Å². The fourth-order valence-corrected chi connectivity index (χ4v) is 3.13. The molecule has 0 heterocycles. The number of hydrogen-bond acceptors (Lipinski definition) is 1. The van der Waals surface area contributed by atoms with E-state index < -0.39 is 0 Å². The Kier molecular flexibility index (Phi) is 3.70. The van der Waals surface area contributed by atoms with Gasteiger partial charge < -0.3 is 0 Å². The van der Waals surface area contributed by atoms with Gasteiger partial charge in [-0.1, -0.05) is 30.7 Å². The maximum absolute atomic E-state index is 13.1. The topological polar surface area (TPSA) is 17.1 Å². The minimum atomic E-state index is -0.347. The van der Waals surface area contributed by atoms with Crippen molar-refractivity contribution in [2.45, 2.75) is 25.2 Å². The Morgan fingerprint density at radius 1 is 1.10 bits per heavy atom. The molecular weight excluding hydrogens is 319 g/mol. The van der Waals surface area contributed by atoms with E-state index in [9.17, 15) is 9.18 Å². The molecule has 2 aromatic rings. The zero-order valence-electron chi connectivity index (χ0n) is 10.9. The van der Waals surface area contributed by atoms with Gasteiger partial charge in [0.1, 0.15) is 5.82 Å². The summed E-state index contributed by atoms with van der Waals surface area (Å²) in [5.41, 5.74) is 2.38. The number of halogens is 2. The third kappa shape index (κ3) is 2.42. The van der Waals surface area contributed by atoms with Crippen LogP contribution in [0.2, 0.25) is 0 Å². The maximum Gasteiger partial charge on any atom is 0.194 e. The quantitative estimate of drug-likeness (QED) is 0.716. The summed E-state index contributed by atoms with van der Waals surface area (Å²) in [6.45, 7) is 0. The first-order chi connectivity index (χ1) is 9.66. The molecule has 3 rings (SSSR count). The summed E-state index contributed by atoms with van der Waals surface area (Å²) in [5.74, 6) is 0.106. The summed E-state index contributed by atoms with van der Waals surface area (Å²) in [6, 6.07) is 12.0. The monoisotopic (exact) mass is 332 g/mol. The van der Waals surface area contributed by atoms with Gasteiger partial charge in [-0.25, -0.2) is 4.39 Å². The molecule has 1 saturated carbocycles. The number of rotatable bonds is 3. The van der Waals surface area contributed by atoms with Gasteiger partial charge in [0, 0.05) is 15.6 Å². The van der Waals surface area contributed by atoms with Gasteiger partial charge in [-0.15, -0.1) is 0 Å². The van der Waals surface area contributed by atoms with E-state index in [1.165, 1.54) is 18.6 Å². The molecule has 1 fully saturated rings. The highest BCUT2D eigenvalue weighted by molar-refractivity contribution is 9.10. The van der Waals surface area contributed by atoms with E-state index in [2.05, 4.69) is 15.9 Å². The first-order valence-electron chi connectivity index (χ1n) is 6.75. The Balaban J connectivity index is 2.02. The van der Waals surface area contributed by atoms with E-state index in [-0.39, 0.29) is 11.6 Å². The first kappa shape index (κ1) is 13.5. The summed E-state index contributed by atoms with van der Waals surface area (Å²) in [5, 5.41) is 0. The van der Waals surface area contributed by atoms with Crippen LogP contribution in [0.1, 0.15) is 46.7 Å². The van der Waals surface area contributed by atoms with Crippen LogP contribution in [0.25, 0.3) is 0 Å². The zero-order valence-corrected chi connectivity index (χ0v) is 12.5. The van der Waals surface area contributed by atoms with Gasteiger partial charge in [0.2, 0.25) is 0 Å². The molecule has 0 saturated heterocycles. The molecule has 1 nitrogen and oxygen atoms in total. The highest BCUT2D eigenvalue weighted by atomic mass is 79.9. The lowest BCUT2D eigenvalue weighted by Crippen LogP contribution is -2.14. The molecule has 0 N–H and O–H groups in total. The lowest BCUT2D eigenvalue weighted by atomic mass is 9.77. The predicted molar refractivity (Wildman–Crippen MR) is 80.6 cm³/mol. The van der Waals surface area contributed by atoms with Crippen LogP contribution >= 0.6 is 15.9 Å². The van der Waals surface area contributed by atoms with E-state index in [4.69, 9.17) is 0 Å². The lowest BCUT2D eigenvalue weighted by Gasteiger charge is -2.27. The second kappa shape index (κ2) is 5.49. The van der Waals surface area contributed by atoms with E-state index in [1.807, 2.05) is 24.3 Å². The van der Waals surface area contributed by atoms with E-state index in [1.54, 1.807) is 6.07 Å². The molecule has 20 heavy (non-hydrogen) atoms. The molecule has 1 aliphatic rings. The highest BCUT2D eigenvalue weighted by Gasteiger charge is 2.25. The van der Waals surface area contributed by atoms with Gasteiger partial charge >= 0.3 is 0 Å². The molecule has 0 aliphatic heterocycles. The van der Waals surface area contributed by atoms with Crippen molar-refractivity contribution in [3.05, 3.63) is 69.4 Å². The van der Waals surface area contributed by atoms with Gasteiger partial charge in [0.25, 0.3) is 0 Å². The lowest BCUT2D eigenvalue weighted by molar-refractivity contribution is 0.103. The molecule has 0 bridgehead atoms. The van der Waals surface area contributed by atoms with Crippen molar-refractivity contribution in [2.24, 2.45) is 0 Å². The van der Waals surface area contributed by atoms with Crippen LogP contribution < -0.4 is 0 Å². The van der Waals surface area contributed by atoms with Crippen molar-refractivity contribution in [1.82, 2.24) is 0 Å². The fraction of sp³-hybridized carbons (Fsp3) is 0.235. The minimum absolute atomic E-state index is 0.0422. The Morgan fingerprint density at radius 2 is 1.85 bits per heavy atom. The summed E-state index contributed by atoms with van der Waals surface area (Å²) in [6.07, 6.45) is 3.52. The van der Waals surface area contributed by atoms with Gasteiger partial charge in [0.05, 0.1) is 0 Å². The van der Waals surface area contributed by atoms with Crippen molar-refractivity contribution in [1.29, 1.82) is 0 Å². The number of ketones is 1. The largest absolute Gasteiger partial charge is 0.289 e. The number of carbonyl (C=O) groups is 1. The molecule has 2 aromatic carbocycles. The Morgan fingerprint density at radius 3 is 2.50 bits per heavy atom. The molecule has 0 radical (unpaired) electrons. The molecule has 102 valence electrons. The van der Waals surface area contributed by atoms with E-state index in [0.717, 1.165) is 24.0 Å². The predicted octanol–water partition coefficient (Wildman–Crippen LogP) is 5.09. The Hall–Kier alpha value is -1.48. The number of benzene rings is 2. The van der Waals surface area contributed by atoms with Gasteiger partial charge in [0.15, 0.2) is 5.78 Å². The Bertz CT molecular complexity index is 662. The van der Waals surface area contributed by atoms with Gasteiger partial charge in [-0.2, -0.15) is 0 Å². The maximum atomic E-state index is 13.1. The van der Waals surface area contributed by atoms with E-state index in [0.29, 0.717) is 16.0 Å². The van der Waals surface area contributed by atoms with E-state index >= 15 is 0 Å². The second-order valence-electron chi connectivity index (χ2n) is 5.17. The molecule has 0 unspecified atom stereocenters. The van der Waals surface area contributed by atoms with Crippen LogP contribution in [0.3, 0.4) is 0 Å². The zero-order chi connectivity index (χ0) is 14.1. The smallest absolute Gasteiger partial charge is 0.194 e. The van der Waals surface area contributed by atoms with Crippen molar-refractivity contribution in [3.8, 4) is 0 Å². The fourth-order valence-electron chi connectivity index (χ4n) is 2.60. The van der Waals surface area contributed by atoms with Crippen LogP contribution in [0, 0.1) is 5.82 Å². The minimum Gasteiger partial charge on any atom is -0.289 e. The molecule has 0 atom stereocenters. The first-order valence-corrected chi connectivity index (χ1v) is 7.55. The summed E-state index contributed by atoms with van der Waals surface area (Å²) in [4.78, 5) is 12.7. The number of carbonyl (C=O) groups excluding carboxylic acids is 1. The van der Waals surface area contributed by atoms with Crippen LogP contribution in [-0.4, -0.2) is 5.78 Å².